The summed E-state index contributed by atoms with van der Waals surface area (Å²) in [6, 6.07) is 9.03. The number of aromatic nitrogens is 2. The molecule has 0 unspecified atom stereocenters. The Morgan fingerprint density at radius 3 is 2.24 bits per heavy atom. The first-order chi connectivity index (χ1) is 16.5. The van der Waals surface area contributed by atoms with Crippen LogP contribution in [0.25, 0.3) is 11.0 Å². The lowest BCUT2D eigenvalue weighted by Gasteiger charge is -2.45. The van der Waals surface area contributed by atoms with Crippen LogP contribution in [0.3, 0.4) is 0 Å². The number of hydrogen-bond donors (Lipinski definition) is 2. The third-order valence-corrected chi connectivity index (χ3v) is 8.04. The molecule has 1 aromatic heterocycles. The second-order valence-corrected chi connectivity index (χ2v) is 10.2. The van der Waals surface area contributed by atoms with Gasteiger partial charge in [-0.2, -0.15) is 0 Å². The molecule has 8 nitrogen and oxygen atoms in total. The molecule has 3 heterocycles. The van der Waals surface area contributed by atoms with E-state index in [4.69, 9.17) is 5.11 Å². The van der Waals surface area contributed by atoms with Gasteiger partial charge in [0, 0.05) is 24.2 Å². The van der Waals surface area contributed by atoms with Gasteiger partial charge < -0.3 is 15.0 Å². The number of piperidine rings is 1. The van der Waals surface area contributed by atoms with E-state index in [1.807, 2.05) is 18.2 Å². The molecule has 1 aromatic carbocycles. The van der Waals surface area contributed by atoms with Crippen molar-refractivity contribution in [2.24, 2.45) is 0 Å². The molecule has 1 saturated carbocycles. The maximum Gasteiger partial charge on any atom is 0.322 e. The van der Waals surface area contributed by atoms with Crippen molar-refractivity contribution < 1.29 is 14.7 Å². The van der Waals surface area contributed by atoms with Gasteiger partial charge in [-0.3, -0.25) is 19.3 Å². The number of hydrogen-bond acceptors (Lipinski definition) is 5. The fraction of sp³-hybridized carbons (Fsp3) is 0.615. The summed E-state index contributed by atoms with van der Waals surface area (Å²) in [7, 11) is 0. The molecular formula is C26H34N4O4. The molecule has 2 aliphatic heterocycles. The largest absolute Gasteiger partial charge is 0.480 e. The fourth-order valence-electron chi connectivity index (χ4n) is 6.63. The number of fused-ring (bicyclic) bond motifs is 3. The summed E-state index contributed by atoms with van der Waals surface area (Å²) in [6.45, 7) is -0.545. The number of carbonyl (C=O) groups is 2. The SMILES string of the molecule is O=C(O)CNC(=O)c1nc2ccccc2n([C@H]2C[C@H]3CC[C@@H](C2)N3C2CCCCCCC2)c1=O. The fourth-order valence-corrected chi connectivity index (χ4v) is 6.63. The maximum atomic E-state index is 13.5. The molecule has 2 saturated heterocycles. The predicted octanol–water partition coefficient (Wildman–Crippen LogP) is 3.49. The number of para-hydroxylation sites is 2. The van der Waals surface area contributed by atoms with Crippen LogP contribution in [0.15, 0.2) is 29.1 Å². The van der Waals surface area contributed by atoms with Crippen LogP contribution in [0.5, 0.6) is 0 Å². The van der Waals surface area contributed by atoms with E-state index in [-0.39, 0.29) is 11.7 Å². The number of carboxylic acids is 1. The first-order valence-electron chi connectivity index (χ1n) is 12.8. The Morgan fingerprint density at radius 1 is 0.912 bits per heavy atom. The van der Waals surface area contributed by atoms with Crippen LogP contribution in [0.1, 0.15) is 87.2 Å². The van der Waals surface area contributed by atoms with Crippen molar-refractivity contribution in [3.63, 3.8) is 0 Å². The van der Waals surface area contributed by atoms with Crippen LogP contribution in [0.4, 0.5) is 0 Å². The van der Waals surface area contributed by atoms with Crippen LogP contribution in [0, 0.1) is 0 Å². The van der Waals surface area contributed by atoms with E-state index in [9.17, 15) is 14.4 Å². The van der Waals surface area contributed by atoms with Gasteiger partial charge in [0.25, 0.3) is 11.5 Å². The van der Waals surface area contributed by atoms with Crippen LogP contribution in [-0.2, 0) is 4.79 Å². The Balaban J connectivity index is 1.45. The van der Waals surface area contributed by atoms with Crippen molar-refractivity contribution in [2.45, 2.75) is 94.8 Å². The van der Waals surface area contributed by atoms with Gasteiger partial charge in [0.1, 0.15) is 6.54 Å². The average molecular weight is 467 g/mol. The molecule has 1 aliphatic carbocycles. The van der Waals surface area contributed by atoms with Gasteiger partial charge in [-0.15, -0.1) is 0 Å². The number of nitrogens with one attached hydrogen (secondary N) is 1. The highest BCUT2D eigenvalue weighted by atomic mass is 16.4. The molecule has 0 spiro atoms. The van der Waals surface area contributed by atoms with Gasteiger partial charge in [0.2, 0.25) is 0 Å². The van der Waals surface area contributed by atoms with Crippen LogP contribution in [-0.4, -0.2) is 56.1 Å². The first kappa shape index (κ1) is 23.0. The highest BCUT2D eigenvalue weighted by molar-refractivity contribution is 5.95. The monoisotopic (exact) mass is 466 g/mol. The molecule has 3 atom stereocenters. The molecule has 0 radical (unpaired) electrons. The number of aliphatic carboxylic acids is 1. The van der Waals surface area contributed by atoms with Crippen LogP contribution >= 0.6 is 0 Å². The van der Waals surface area contributed by atoms with Crippen molar-refractivity contribution in [1.82, 2.24) is 19.8 Å². The Morgan fingerprint density at radius 2 is 1.56 bits per heavy atom. The van der Waals surface area contributed by atoms with E-state index in [1.165, 1.54) is 57.8 Å². The third kappa shape index (κ3) is 4.48. The Hall–Kier alpha value is -2.74. The van der Waals surface area contributed by atoms with Gasteiger partial charge in [-0.1, -0.05) is 44.2 Å². The van der Waals surface area contributed by atoms with Crippen LogP contribution < -0.4 is 10.9 Å². The lowest BCUT2D eigenvalue weighted by atomic mass is 9.89. The minimum Gasteiger partial charge on any atom is -0.480 e. The number of nitrogens with zero attached hydrogens (tertiary/aromatic N) is 3. The van der Waals surface area contributed by atoms with E-state index < -0.39 is 24.0 Å². The van der Waals surface area contributed by atoms with E-state index >= 15 is 0 Å². The summed E-state index contributed by atoms with van der Waals surface area (Å²) in [5.41, 5.74) is 0.670. The molecule has 2 N–H and O–H groups in total. The van der Waals surface area contributed by atoms with Gasteiger partial charge >= 0.3 is 5.97 Å². The van der Waals surface area contributed by atoms with E-state index in [1.54, 1.807) is 10.6 Å². The second kappa shape index (κ2) is 9.86. The minimum atomic E-state index is -1.16. The second-order valence-electron chi connectivity index (χ2n) is 10.2. The van der Waals surface area contributed by atoms with Crippen molar-refractivity contribution in [2.75, 3.05) is 6.54 Å². The van der Waals surface area contributed by atoms with Gasteiger partial charge in [0.05, 0.1) is 11.0 Å². The highest BCUT2D eigenvalue weighted by Crippen LogP contribution is 2.44. The summed E-state index contributed by atoms with van der Waals surface area (Å²) in [6.07, 6.45) is 13.4. The number of carboxylic acid groups (broad SMARTS) is 1. The molecule has 3 fully saturated rings. The zero-order valence-corrected chi connectivity index (χ0v) is 19.6. The van der Waals surface area contributed by atoms with E-state index in [0.29, 0.717) is 23.6 Å². The standard InChI is InChI=1S/C26H34N4O4/c31-23(32)16-27-25(33)24-26(34)30(22-11-7-6-10-21(22)28-24)20-14-18-12-13-19(15-20)29(18)17-8-4-2-1-3-5-9-17/h6-7,10-11,17-20H,1-5,8-9,12-16H2,(H,27,33)(H,31,32)/t18-,19+,20+. The number of rotatable bonds is 5. The van der Waals surface area contributed by atoms with Gasteiger partial charge in [-0.25, -0.2) is 4.98 Å². The minimum absolute atomic E-state index is 0.00808. The normalized spacial score (nSPS) is 26.2. The van der Waals surface area contributed by atoms with Crippen molar-refractivity contribution in [3.8, 4) is 0 Å². The van der Waals surface area contributed by atoms with Gasteiger partial charge in [0.15, 0.2) is 5.69 Å². The smallest absolute Gasteiger partial charge is 0.322 e. The highest BCUT2D eigenvalue weighted by Gasteiger charge is 2.44. The van der Waals surface area contributed by atoms with E-state index in [0.717, 1.165) is 18.4 Å². The molecule has 2 aromatic rings. The molecule has 34 heavy (non-hydrogen) atoms. The molecule has 1 amide bonds. The summed E-state index contributed by atoms with van der Waals surface area (Å²) < 4.78 is 1.78. The Labute approximate surface area is 199 Å². The molecule has 8 heteroatoms. The Bertz CT molecular complexity index is 1110. The van der Waals surface area contributed by atoms with E-state index in [2.05, 4.69) is 15.2 Å². The lowest BCUT2D eigenvalue weighted by Crippen LogP contribution is -2.50. The summed E-state index contributed by atoms with van der Waals surface area (Å²) in [4.78, 5) is 44.2. The zero-order chi connectivity index (χ0) is 23.7. The quantitative estimate of drug-likeness (QED) is 0.699. The summed E-state index contributed by atoms with van der Waals surface area (Å²) in [5, 5.41) is 11.2. The first-order valence-corrected chi connectivity index (χ1v) is 12.8. The average Bonchev–Trinajstić information content (AvgIpc) is 3.05. The number of amides is 1. The maximum absolute atomic E-state index is 13.5. The number of carbonyl (C=O) groups excluding carboxylic acids is 1. The molecule has 2 bridgehead atoms. The third-order valence-electron chi connectivity index (χ3n) is 8.04. The van der Waals surface area contributed by atoms with Crippen molar-refractivity contribution >= 4 is 22.9 Å². The van der Waals surface area contributed by atoms with Crippen LogP contribution in [0.2, 0.25) is 0 Å². The molecular weight excluding hydrogens is 432 g/mol. The topological polar surface area (TPSA) is 105 Å². The van der Waals surface area contributed by atoms with Gasteiger partial charge in [-0.05, 0) is 50.7 Å². The summed E-state index contributed by atoms with van der Waals surface area (Å²) >= 11 is 0. The molecule has 3 aliphatic rings. The molecule has 182 valence electrons. The Kier molecular flexibility index (Phi) is 6.68. The number of benzene rings is 1. The lowest BCUT2D eigenvalue weighted by molar-refractivity contribution is -0.135. The summed E-state index contributed by atoms with van der Waals surface area (Å²) in [5.74, 6) is -1.89. The zero-order valence-electron chi connectivity index (χ0n) is 19.6. The van der Waals surface area contributed by atoms with Crippen molar-refractivity contribution in [3.05, 3.63) is 40.3 Å². The van der Waals surface area contributed by atoms with Crippen molar-refractivity contribution in [1.29, 1.82) is 0 Å². The molecule has 5 rings (SSSR count). The predicted molar refractivity (Wildman–Crippen MR) is 129 cm³/mol.